The maximum absolute atomic E-state index is 12.4. The highest BCUT2D eigenvalue weighted by molar-refractivity contribution is 7.92. The monoisotopic (exact) mass is 389 g/mol. The minimum atomic E-state index is -3.76. The fourth-order valence-corrected chi connectivity index (χ4v) is 3.34. The molecule has 0 amide bonds. The third kappa shape index (κ3) is 4.47. The van der Waals surface area contributed by atoms with Gasteiger partial charge in [0.05, 0.1) is 17.1 Å². The SMILES string of the molecule is Cc1cc(S(=O)(=O)Nc2ccc(NCc3ccccn3)nn2)ccc1Cl. The van der Waals surface area contributed by atoms with Crippen molar-refractivity contribution in [2.24, 2.45) is 0 Å². The molecular formula is C17H16ClN5O2S. The van der Waals surface area contributed by atoms with Crippen molar-refractivity contribution in [1.29, 1.82) is 0 Å². The van der Waals surface area contributed by atoms with Crippen LogP contribution in [0.2, 0.25) is 5.02 Å². The summed E-state index contributed by atoms with van der Waals surface area (Å²) in [5.74, 6) is 0.641. The molecule has 3 aromatic rings. The van der Waals surface area contributed by atoms with Crippen LogP contribution in [-0.2, 0) is 16.6 Å². The fourth-order valence-electron chi connectivity index (χ4n) is 2.15. The molecule has 2 N–H and O–H groups in total. The van der Waals surface area contributed by atoms with Crippen LogP contribution in [0.4, 0.5) is 11.6 Å². The predicted molar refractivity (Wildman–Crippen MR) is 101 cm³/mol. The van der Waals surface area contributed by atoms with E-state index in [0.717, 1.165) is 5.69 Å². The second kappa shape index (κ2) is 7.67. The summed E-state index contributed by atoms with van der Waals surface area (Å²) >= 11 is 5.93. The summed E-state index contributed by atoms with van der Waals surface area (Å²) in [6, 6.07) is 13.3. The fraction of sp³-hybridized carbons (Fsp3) is 0.118. The topological polar surface area (TPSA) is 96.9 Å². The van der Waals surface area contributed by atoms with E-state index in [0.29, 0.717) is 22.9 Å². The Labute approximate surface area is 156 Å². The van der Waals surface area contributed by atoms with Crippen LogP contribution in [0.1, 0.15) is 11.3 Å². The van der Waals surface area contributed by atoms with Crippen LogP contribution in [0.25, 0.3) is 0 Å². The molecule has 0 fully saturated rings. The molecular weight excluding hydrogens is 374 g/mol. The minimum absolute atomic E-state index is 0.110. The highest BCUT2D eigenvalue weighted by Gasteiger charge is 2.16. The quantitative estimate of drug-likeness (QED) is 0.671. The van der Waals surface area contributed by atoms with Gasteiger partial charge in [0.1, 0.15) is 5.82 Å². The largest absolute Gasteiger partial charge is 0.363 e. The van der Waals surface area contributed by atoms with Crippen molar-refractivity contribution in [2.75, 3.05) is 10.0 Å². The van der Waals surface area contributed by atoms with Crippen molar-refractivity contribution in [3.63, 3.8) is 0 Å². The third-order valence-corrected chi connectivity index (χ3v) is 5.30. The van der Waals surface area contributed by atoms with Crippen LogP contribution in [0, 0.1) is 6.92 Å². The molecule has 0 saturated carbocycles. The van der Waals surface area contributed by atoms with Gasteiger partial charge in [-0.25, -0.2) is 8.42 Å². The molecule has 0 aliphatic rings. The summed E-state index contributed by atoms with van der Waals surface area (Å²) in [6.07, 6.45) is 1.71. The molecule has 0 aliphatic carbocycles. The number of pyridine rings is 1. The van der Waals surface area contributed by atoms with Gasteiger partial charge in [-0.05, 0) is 55.0 Å². The Balaban J connectivity index is 1.67. The molecule has 0 bridgehead atoms. The summed E-state index contributed by atoms with van der Waals surface area (Å²) in [7, 11) is -3.76. The van der Waals surface area contributed by atoms with Crippen LogP contribution < -0.4 is 10.0 Å². The molecule has 3 rings (SSSR count). The zero-order chi connectivity index (χ0) is 18.6. The van der Waals surface area contributed by atoms with Gasteiger partial charge in [-0.1, -0.05) is 17.7 Å². The molecule has 9 heteroatoms. The Kier molecular flexibility index (Phi) is 5.34. The number of aryl methyl sites for hydroxylation is 1. The van der Waals surface area contributed by atoms with Crippen molar-refractivity contribution in [2.45, 2.75) is 18.4 Å². The van der Waals surface area contributed by atoms with E-state index in [1.165, 1.54) is 18.2 Å². The lowest BCUT2D eigenvalue weighted by atomic mass is 10.2. The van der Waals surface area contributed by atoms with E-state index < -0.39 is 10.0 Å². The maximum Gasteiger partial charge on any atom is 0.263 e. The van der Waals surface area contributed by atoms with Gasteiger partial charge in [-0.15, -0.1) is 10.2 Å². The first-order chi connectivity index (χ1) is 12.4. The Hall–Kier alpha value is -2.71. The van der Waals surface area contributed by atoms with Gasteiger partial charge in [-0.2, -0.15) is 0 Å². The molecule has 2 heterocycles. The van der Waals surface area contributed by atoms with E-state index in [1.807, 2.05) is 18.2 Å². The van der Waals surface area contributed by atoms with Gasteiger partial charge >= 0.3 is 0 Å². The van der Waals surface area contributed by atoms with Crippen molar-refractivity contribution in [3.05, 3.63) is 71.0 Å². The smallest absolute Gasteiger partial charge is 0.263 e. The Morgan fingerprint density at radius 3 is 2.46 bits per heavy atom. The van der Waals surface area contributed by atoms with Crippen molar-refractivity contribution in [3.8, 4) is 0 Å². The maximum atomic E-state index is 12.4. The standard InChI is InChI=1S/C17H16ClN5O2S/c1-12-10-14(5-6-15(12)18)26(24,25)23-17-8-7-16(21-22-17)20-11-13-4-2-3-9-19-13/h2-10H,11H2,1H3,(H,20,21)(H,22,23). The number of halogens is 1. The minimum Gasteiger partial charge on any atom is -0.363 e. The number of rotatable bonds is 6. The van der Waals surface area contributed by atoms with Gasteiger partial charge in [0, 0.05) is 11.2 Å². The van der Waals surface area contributed by atoms with Crippen LogP contribution in [0.15, 0.2) is 59.6 Å². The van der Waals surface area contributed by atoms with E-state index in [9.17, 15) is 8.42 Å². The Morgan fingerprint density at radius 2 is 1.81 bits per heavy atom. The summed E-state index contributed by atoms with van der Waals surface area (Å²) < 4.78 is 27.2. The normalized spacial score (nSPS) is 11.2. The summed E-state index contributed by atoms with van der Waals surface area (Å²) in [5.41, 5.74) is 1.53. The van der Waals surface area contributed by atoms with Crippen LogP contribution >= 0.6 is 11.6 Å². The molecule has 0 saturated heterocycles. The molecule has 0 spiro atoms. The average Bonchev–Trinajstić information content (AvgIpc) is 2.64. The summed E-state index contributed by atoms with van der Waals surface area (Å²) in [6.45, 7) is 2.23. The highest BCUT2D eigenvalue weighted by atomic mass is 35.5. The average molecular weight is 390 g/mol. The molecule has 134 valence electrons. The van der Waals surface area contributed by atoms with Crippen molar-refractivity contribution >= 4 is 33.3 Å². The zero-order valence-electron chi connectivity index (χ0n) is 13.8. The van der Waals surface area contributed by atoms with Gasteiger partial charge in [0.25, 0.3) is 10.0 Å². The van der Waals surface area contributed by atoms with E-state index in [4.69, 9.17) is 11.6 Å². The predicted octanol–water partition coefficient (Wildman–Crippen LogP) is 3.25. The van der Waals surface area contributed by atoms with E-state index >= 15 is 0 Å². The lowest BCUT2D eigenvalue weighted by Crippen LogP contribution is -2.15. The first-order valence-electron chi connectivity index (χ1n) is 7.70. The molecule has 26 heavy (non-hydrogen) atoms. The molecule has 0 aliphatic heterocycles. The van der Waals surface area contributed by atoms with E-state index in [2.05, 4.69) is 25.2 Å². The van der Waals surface area contributed by atoms with Crippen LogP contribution in [0.5, 0.6) is 0 Å². The molecule has 7 nitrogen and oxygen atoms in total. The van der Waals surface area contributed by atoms with Crippen molar-refractivity contribution < 1.29 is 8.42 Å². The number of nitrogens with zero attached hydrogens (tertiary/aromatic N) is 3. The number of hydrogen-bond donors (Lipinski definition) is 2. The lowest BCUT2D eigenvalue weighted by Gasteiger charge is -2.09. The molecule has 1 aromatic carbocycles. The number of benzene rings is 1. The van der Waals surface area contributed by atoms with E-state index in [-0.39, 0.29) is 10.7 Å². The first kappa shape index (κ1) is 18.1. The second-order valence-electron chi connectivity index (χ2n) is 5.49. The summed E-state index contributed by atoms with van der Waals surface area (Å²) in [5, 5.41) is 11.4. The number of aromatic nitrogens is 3. The molecule has 0 atom stereocenters. The van der Waals surface area contributed by atoms with Crippen LogP contribution in [-0.4, -0.2) is 23.6 Å². The van der Waals surface area contributed by atoms with Gasteiger partial charge in [-0.3, -0.25) is 9.71 Å². The number of hydrogen-bond acceptors (Lipinski definition) is 6. The summed E-state index contributed by atoms with van der Waals surface area (Å²) in [4.78, 5) is 4.30. The lowest BCUT2D eigenvalue weighted by molar-refractivity contribution is 0.601. The van der Waals surface area contributed by atoms with E-state index in [1.54, 1.807) is 25.3 Å². The zero-order valence-corrected chi connectivity index (χ0v) is 15.4. The van der Waals surface area contributed by atoms with Gasteiger partial charge in [0.15, 0.2) is 5.82 Å². The number of sulfonamides is 1. The molecule has 2 aromatic heterocycles. The Morgan fingerprint density at radius 1 is 1.04 bits per heavy atom. The van der Waals surface area contributed by atoms with Gasteiger partial charge < -0.3 is 5.32 Å². The second-order valence-corrected chi connectivity index (χ2v) is 7.58. The first-order valence-corrected chi connectivity index (χ1v) is 9.57. The number of anilines is 2. The van der Waals surface area contributed by atoms with Crippen LogP contribution in [0.3, 0.4) is 0 Å². The van der Waals surface area contributed by atoms with Gasteiger partial charge in [0.2, 0.25) is 0 Å². The third-order valence-electron chi connectivity index (χ3n) is 3.52. The highest BCUT2D eigenvalue weighted by Crippen LogP contribution is 2.21. The van der Waals surface area contributed by atoms with Crippen molar-refractivity contribution in [1.82, 2.24) is 15.2 Å². The number of nitrogens with one attached hydrogen (secondary N) is 2. The molecule has 0 radical (unpaired) electrons. The molecule has 0 unspecified atom stereocenters. The Bertz CT molecular complexity index is 995.